The molecule has 0 atom stereocenters. The lowest BCUT2D eigenvalue weighted by Crippen LogP contribution is -2.13. The van der Waals surface area contributed by atoms with E-state index < -0.39 is 0 Å². The Labute approximate surface area is 126 Å². The number of rotatable bonds is 2. The Morgan fingerprint density at radius 3 is 2.67 bits per heavy atom. The van der Waals surface area contributed by atoms with Crippen LogP contribution in [0.2, 0.25) is 5.02 Å². The molecule has 5 nitrogen and oxygen atoms in total. The third-order valence-electron chi connectivity index (χ3n) is 2.98. The first kappa shape index (κ1) is 13.7. The Balaban J connectivity index is 1.86. The van der Waals surface area contributed by atoms with Gasteiger partial charge < -0.3 is 14.8 Å². The van der Waals surface area contributed by atoms with E-state index in [4.69, 9.17) is 21.1 Å². The fourth-order valence-corrected chi connectivity index (χ4v) is 2.16. The molecule has 3 rings (SSSR count). The molecule has 1 aromatic heterocycles. The smallest absolute Gasteiger partial charge is 0.274 e. The van der Waals surface area contributed by atoms with Gasteiger partial charge in [0, 0.05) is 24.8 Å². The van der Waals surface area contributed by atoms with Crippen LogP contribution in [0.25, 0.3) is 0 Å². The van der Waals surface area contributed by atoms with Gasteiger partial charge in [0.05, 0.1) is 23.9 Å². The van der Waals surface area contributed by atoms with E-state index in [1.807, 2.05) is 0 Å². The fourth-order valence-electron chi connectivity index (χ4n) is 1.96. The highest BCUT2D eigenvalue weighted by molar-refractivity contribution is 6.34. The lowest BCUT2D eigenvalue weighted by molar-refractivity contribution is 0.102. The van der Waals surface area contributed by atoms with E-state index >= 15 is 0 Å². The van der Waals surface area contributed by atoms with Crippen molar-refractivity contribution in [1.82, 2.24) is 4.98 Å². The summed E-state index contributed by atoms with van der Waals surface area (Å²) < 4.78 is 11.1. The first-order valence-corrected chi connectivity index (χ1v) is 6.93. The highest BCUT2D eigenvalue weighted by atomic mass is 35.5. The van der Waals surface area contributed by atoms with Crippen LogP contribution in [0.15, 0.2) is 36.5 Å². The third-order valence-corrected chi connectivity index (χ3v) is 3.30. The Bertz CT molecular complexity index is 661. The fraction of sp³-hybridized carbons (Fsp3) is 0.200. The van der Waals surface area contributed by atoms with Crippen molar-refractivity contribution in [3.63, 3.8) is 0 Å². The molecule has 21 heavy (non-hydrogen) atoms. The van der Waals surface area contributed by atoms with E-state index in [0.717, 1.165) is 6.42 Å². The normalized spacial score (nSPS) is 13.4. The molecule has 0 aliphatic carbocycles. The molecule has 6 heteroatoms. The van der Waals surface area contributed by atoms with Crippen LogP contribution in [0.1, 0.15) is 16.9 Å². The molecule has 1 amide bonds. The average Bonchev–Trinajstić information content (AvgIpc) is 2.73. The van der Waals surface area contributed by atoms with Crippen LogP contribution in [0, 0.1) is 0 Å². The van der Waals surface area contributed by atoms with Gasteiger partial charge in [0.25, 0.3) is 5.91 Å². The van der Waals surface area contributed by atoms with Crippen molar-refractivity contribution in [2.45, 2.75) is 6.42 Å². The highest BCUT2D eigenvalue weighted by Gasteiger charge is 2.16. The molecule has 1 aromatic carbocycles. The summed E-state index contributed by atoms with van der Waals surface area (Å²) in [6, 6.07) is 8.45. The number of anilines is 1. The van der Waals surface area contributed by atoms with Crippen LogP contribution >= 0.6 is 11.6 Å². The summed E-state index contributed by atoms with van der Waals surface area (Å²) in [4.78, 5) is 16.1. The maximum atomic E-state index is 12.1. The second kappa shape index (κ2) is 6.01. The van der Waals surface area contributed by atoms with E-state index in [0.29, 0.717) is 41.1 Å². The molecule has 108 valence electrons. The molecule has 1 N–H and O–H groups in total. The van der Waals surface area contributed by atoms with Gasteiger partial charge in [-0.1, -0.05) is 17.7 Å². The van der Waals surface area contributed by atoms with Crippen molar-refractivity contribution in [3.05, 3.63) is 47.2 Å². The van der Waals surface area contributed by atoms with Crippen LogP contribution in [-0.2, 0) is 0 Å². The van der Waals surface area contributed by atoms with Gasteiger partial charge in [0.1, 0.15) is 5.69 Å². The number of nitrogens with zero attached hydrogens (tertiary/aromatic N) is 1. The topological polar surface area (TPSA) is 60.5 Å². The van der Waals surface area contributed by atoms with Crippen LogP contribution in [-0.4, -0.2) is 24.1 Å². The van der Waals surface area contributed by atoms with Crippen LogP contribution < -0.4 is 14.8 Å². The van der Waals surface area contributed by atoms with Gasteiger partial charge in [-0.2, -0.15) is 0 Å². The number of benzene rings is 1. The minimum Gasteiger partial charge on any atom is -0.490 e. The predicted octanol–water partition coefficient (Wildman–Crippen LogP) is 3.15. The Kier molecular flexibility index (Phi) is 3.92. The molecule has 2 heterocycles. The van der Waals surface area contributed by atoms with Crippen molar-refractivity contribution < 1.29 is 14.3 Å². The molecule has 1 aliphatic rings. The molecule has 0 radical (unpaired) electrons. The number of fused-ring (bicyclic) bond motifs is 1. The zero-order valence-electron chi connectivity index (χ0n) is 11.1. The van der Waals surface area contributed by atoms with Gasteiger partial charge in [-0.3, -0.25) is 9.78 Å². The Hall–Kier alpha value is -2.27. The summed E-state index contributed by atoms with van der Waals surface area (Å²) in [6.45, 7) is 1.16. The van der Waals surface area contributed by atoms with Crippen molar-refractivity contribution >= 4 is 23.2 Å². The molecular formula is C15H13ClN2O3. The van der Waals surface area contributed by atoms with Gasteiger partial charge in [-0.15, -0.1) is 0 Å². The number of carbonyl (C=O) groups excluding carboxylic acids is 1. The zero-order chi connectivity index (χ0) is 14.7. The summed E-state index contributed by atoms with van der Waals surface area (Å²) in [7, 11) is 0. The molecule has 0 bridgehead atoms. The third kappa shape index (κ3) is 3.08. The summed E-state index contributed by atoms with van der Waals surface area (Å²) in [5, 5.41) is 3.12. The summed E-state index contributed by atoms with van der Waals surface area (Å²) in [6.07, 6.45) is 2.37. The van der Waals surface area contributed by atoms with E-state index in [1.165, 1.54) is 0 Å². The summed E-state index contributed by atoms with van der Waals surface area (Å²) in [5.41, 5.74) is 0.789. The maximum absolute atomic E-state index is 12.1. The lowest BCUT2D eigenvalue weighted by atomic mass is 10.2. The van der Waals surface area contributed by atoms with E-state index in [-0.39, 0.29) is 5.91 Å². The molecule has 0 saturated heterocycles. The lowest BCUT2D eigenvalue weighted by Gasteiger charge is -2.12. The number of hydrogen-bond acceptors (Lipinski definition) is 4. The second-order valence-corrected chi connectivity index (χ2v) is 4.91. The number of ether oxygens (including phenoxy) is 2. The predicted molar refractivity (Wildman–Crippen MR) is 79.2 cm³/mol. The number of hydrogen-bond donors (Lipinski definition) is 1. The number of halogens is 1. The number of nitrogens with one attached hydrogen (secondary N) is 1. The number of aromatic nitrogens is 1. The first-order chi connectivity index (χ1) is 10.2. The molecule has 2 aromatic rings. The minimum atomic E-state index is -0.327. The average molecular weight is 305 g/mol. The summed E-state index contributed by atoms with van der Waals surface area (Å²) in [5.74, 6) is 0.841. The second-order valence-electron chi connectivity index (χ2n) is 4.50. The standard InChI is InChI=1S/C15H13ClN2O3/c16-10-8-13-14(21-7-3-6-20-13)9-12(10)18-15(19)11-4-1-2-5-17-11/h1-2,4-5,8-9H,3,6-7H2,(H,18,19). The molecular weight excluding hydrogens is 292 g/mol. The number of carbonyl (C=O) groups is 1. The van der Waals surface area contributed by atoms with Gasteiger partial charge in [0.2, 0.25) is 0 Å². The maximum Gasteiger partial charge on any atom is 0.274 e. The van der Waals surface area contributed by atoms with Crippen molar-refractivity contribution in [2.24, 2.45) is 0 Å². The molecule has 0 unspecified atom stereocenters. The quantitative estimate of drug-likeness (QED) is 0.926. The highest BCUT2D eigenvalue weighted by Crippen LogP contribution is 2.37. The molecule has 0 fully saturated rings. The largest absolute Gasteiger partial charge is 0.490 e. The van der Waals surface area contributed by atoms with Crippen molar-refractivity contribution in [2.75, 3.05) is 18.5 Å². The molecule has 1 aliphatic heterocycles. The summed E-state index contributed by atoms with van der Waals surface area (Å²) >= 11 is 6.18. The Morgan fingerprint density at radius 2 is 1.95 bits per heavy atom. The first-order valence-electron chi connectivity index (χ1n) is 6.55. The SMILES string of the molecule is O=C(Nc1cc2c(cc1Cl)OCCCO2)c1ccccn1. The number of pyridine rings is 1. The van der Waals surface area contributed by atoms with E-state index in [9.17, 15) is 4.79 Å². The van der Waals surface area contributed by atoms with Crippen molar-refractivity contribution in [3.8, 4) is 11.5 Å². The molecule has 0 spiro atoms. The monoisotopic (exact) mass is 304 g/mol. The van der Waals surface area contributed by atoms with E-state index in [1.54, 1.807) is 36.5 Å². The zero-order valence-corrected chi connectivity index (χ0v) is 11.9. The van der Waals surface area contributed by atoms with Crippen molar-refractivity contribution in [1.29, 1.82) is 0 Å². The van der Waals surface area contributed by atoms with Crippen LogP contribution in [0.5, 0.6) is 11.5 Å². The van der Waals surface area contributed by atoms with Gasteiger partial charge in [-0.05, 0) is 12.1 Å². The molecule has 0 saturated carbocycles. The van der Waals surface area contributed by atoms with Gasteiger partial charge >= 0.3 is 0 Å². The van der Waals surface area contributed by atoms with Gasteiger partial charge in [-0.25, -0.2) is 0 Å². The van der Waals surface area contributed by atoms with Gasteiger partial charge in [0.15, 0.2) is 11.5 Å². The van der Waals surface area contributed by atoms with E-state index in [2.05, 4.69) is 10.3 Å². The van der Waals surface area contributed by atoms with Crippen LogP contribution in [0.3, 0.4) is 0 Å². The number of amides is 1. The Morgan fingerprint density at radius 1 is 1.19 bits per heavy atom. The van der Waals surface area contributed by atoms with Crippen LogP contribution in [0.4, 0.5) is 5.69 Å². The minimum absolute atomic E-state index is 0.320.